The maximum Gasteiger partial charge on any atom is 0.130 e. The van der Waals surface area contributed by atoms with Gasteiger partial charge < -0.3 is 10.5 Å². The first kappa shape index (κ1) is 12.0. The van der Waals surface area contributed by atoms with E-state index in [-0.39, 0.29) is 0 Å². The van der Waals surface area contributed by atoms with Gasteiger partial charge in [-0.05, 0) is 48.4 Å². The number of ether oxygens (including phenoxy) is 1. The fraction of sp³-hybridized carbons (Fsp3) is 0.143. The number of rotatable bonds is 3. The SMILES string of the molecule is Cc1cc(Cl)ccc1Oc1cccc(CN)c1. The third-order valence-electron chi connectivity index (χ3n) is 2.50. The molecule has 0 aliphatic heterocycles. The van der Waals surface area contributed by atoms with Crippen LogP contribution in [0.25, 0.3) is 0 Å². The first-order valence-electron chi connectivity index (χ1n) is 5.42. The molecular formula is C14H14ClNO. The van der Waals surface area contributed by atoms with Crippen molar-refractivity contribution in [1.82, 2.24) is 0 Å². The molecule has 0 spiro atoms. The van der Waals surface area contributed by atoms with Crippen molar-refractivity contribution in [3.63, 3.8) is 0 Å². The average molecular weight is 248 g/mol. The molecule has 0 aromatic heterocycles. The molecule has 0 unspecified atom stereocenters. The summed E-state index contributed by atoms with van der Waals surface area (Å²) >= 11 is 5.90. The van der Waals surface area contributed by atoms with E-state index >= 15 is 0 Å². The number of benzene rings is 2. The molecule has 0 amide bonds. The Bertz CT molecular complexity index is 525. The van der Waals surface area contributed by atoms with Gasteiger partial charge in [-0.15, -0.1) is 0 Å². The van der Waals surface area contributed by atoms with E-state index in [1.807, 2.05) is 49.4 Å². The number of hydrogen-bond donors (Lipinski definition) is 1. The molecule has 0 bridgehead atoms. The number of halogens is 1. The Balaban J connectivity index is 2.25. The Kier molecular flexibility index (Phi) is 3.67. The number of aryl methyl sites for hydroxylation is 1. The first-order valence-corrected chi connectivity index (χ1v) is 5.80. The van der Waals surface area contributed by atoms with Crippen LogP contribution in [0.2, 0.25) is 5.02 Å². The molecule has 2 nitrogen and oxygen atoms in total. The van der Waals surface area contributed by atoms with Gasteiger partial charge in [0.2, 0.25) is 0 Å². The van der Waals surface area contributed by atoms with E-state index in [1.165, 1.54) is 0 Å². The normalized spacial score (nSPS) is 10.3. The van der Waals surface area contributed by atoms with Crippen LogP contribution in [0, 0.1) is 6.92 Å². The minimum atomic E-state index is 0.511. The topological polar surface area (TPSA) is 35.2 Å². The Morgan fingerprint density at radius 3 is 2.71 bits per heavy atom. The largest absolute Gasteiger partial charge is 0.457 e. The molecule has 17 heavy (non-hydrogen) atoms. The average Bonchev–Trinajstić information content (AvgIpc) is 2.33. The Labute approximate surface area is 106 Å². The second-order valence-corrected chi connectivity index (χ2v) is 4.30. The summed E-state index contributed by atoms with van der Waals surface area (Å²) in [6.45, 7) is 2.48. The summed E-state index contributed by atoms with van der Waals surface area (Å²) < 4.78 is 5.79. The third kappa shape index (κ3) is 2.99. The lowest BCUT2D eigenvalue weighted by atomic mass is 10.2. The summed E-state index contributed by atoms with van der Waals surface area (Å²) in [4.78, 5) is 0. The molecule has 0 aliphatic rings. The standard InChI is InChI=1S/C14H14ClNO/c1-10-7-12(15)5-6-14(10)17-13-4-2-3-11(8-13)9-16/h2-8H,9,16H2,1H3. The summed E-state index contributed by atoms with van der Waals surface area (Å²) in [5.41, 5.74) is 7.65. The molecule has 0 heterocycles. The van der Waals surface area contributed by atoms with Crippen molar-refractivity contribution in [3.05, 3.63) is 58.6 Å². The van der Waals surface area contributed by atoms with Gasteiger partial charge in [-0.3, -0.25) is 0 Å². The van der Waals surface area contributed by atoms with E-state index in [2.05, 4.69) is 0 Å². The molecule has 3 heteroatoms. The summed E-state index contributed by atoms with van der Waals surface area (Å²) in [5.74, 6) is 1.60. The van der Waals surface area contributed by atoms with Gasteiger partial charge in [0.05, 0.1) is 0 Å². The van der Waals surface area contributed by atoms with Crippen molar-refractivity contribution in [2.75, 3.05) is 0 Å². The fourth-order valence-corrected chi connectivity index (χ4v) is 1.82. The van der Waals surface area contributed by atoms with E-state index in [4.69, 9.17) is 22.1 Å². The van der Waals surface area contributed by atoms with Gasteiger partial charge in [0.1, 0.15) is 11.5 Å². The van der Waals surface area contributed by atoms with Crippen molar-refractivity contribution in [1.29, 1.82) is 0 Å². The van der Waals surface area contributed by atoms with Crippen molar-refractivity contribution in [2.24, 2.45) is 5.73 Å². The third-order valence-corrected chi connectivity index (χ3v) is 2.73. The van der Waals surface area contributed by atoms with E-state index < -0.39 is 0 Å². The van der Waals surface area contributed by atoms with Crippen molar-refractivity contribution < 1.29 is 4.74 Å². The van der Waals surface area contributed by atoms with Crippen molar-refractivity contribution >= 4 is 11.6 Å². The number of hydrogen-bond acceptors (Lipinski definition) is 2. The maximum atomic E-state index is 5.90. The zero-order valence-electron chi connectivity index (χ0n) is 9.61. The zero-order valence-corrected chi connectivity index (χ0v) is 10.4. The lowest BCUT2D eigenvalue weighted by Gasteiger charge is -2.09. The smallest absolute Gasteiger partial charge is 0.130 e. The van der Waals surface area contributed by atoms with Crippen LogP contribution in [0.4, 0.5) is 0 Å². The van der Waals surface area contributed by atoms with Gasteiger partial charge in [-0.25, -0.2) is 0 Å². The van der Waals surface area contributed by atoms with Gasteiger partial charge in [0, 0.05) is 11.6 Å². The van der Waals surface area contributed by atoms with Gasteiger partial charge in [0.25, 0.3) is 0 Å². The van der Waals surface area contributed by atoms with Gasteiger partial charge in [-0.2, -0.15) is 0 Å². The molecule has 2 N–H and O–H groups in total. The van der Waals surface area contributed by atoms with Crippen LogP contribution in [0.15, 0.2) is 42.5 Å². The second-order valence-electron chi connectivity index (χ2n) is 3.86. The molecule has 0 aliphatic carbocycles. The molecule has 0 saturated heterocycles. The Hall–Kier alpha value is -1.51. The monoisotopic (exact) mass is 247 g/mol. The van der Waals surface area contributed by atoms with E-state index in [0.29, 0.717) is 11.6 Å². The maximum absolute atomic E-state index is 5.90. The molecule has 0 saturated carbocycles. The van der Waals surface area contributed by atoms with Crippen LogP contribution in [-0.2, 0) is 6.54 Å². The van der Waals surface area contributed by atoms with Crippen LogP contribution in [0.3, 0.4) is 0 Å². The fourth-order valence-electron chi connectivity index (χ4n) is 1.59. The second kappa shape index (κ2) is 5.21. The number of nitrogens with two attached hydrogens (primary N) is 1. The lowest BCUT2D eigenvalue weighted by Crippen LogP contribution is -1.96. The highest BCUT2D eigenvalue weighted by Gasteiger charge is 2.02. The van der Waals surface area contributed by atoms with Crippen LogP contribution in [0.5, 0.6) is 11.5 Å². The minimum absolute atomic E-state index is 0.511. The minimum Gasteiger partial charge on any atom is -0.457 e. The molecule has 88 valence electrons. The van der Waals surface area contributed by atoms with E-state index in [9.17, 15) is 0 Å². The van der Waals surface area contributed by atoms with Crippen LogP contribution < -0.4 is 10.5 Å². The lowest BCUT2D eigenvalue weighted by molar-refractivity contribution is 0.478. The Morgan fingerprint density at radius 2 is 2.00 bits per heavy atom. The van der Waals surface area contributed by atoms with Crippen LogP contribution in [-0.4, -0.2) is 0 Å². The van der Waals surface area contributed by atoms with Crippen molar-refractivity contribution in [3.8, 4) is 11.5 Å². The van der Waals surface area contributed by atoms with Crippen LogP contribution >= 0.6 is 11.6 Å². The molecule has 2 aromatic rings. The van der Waals surface area contributed by atoms with Gasteiger partial charge in [-0.1, -0.05) is 23.7 Å². The van der Waals surface area contributed by atoms with Crippen molar-refractivity contribution in [2.45, 2.75) is 13.5 Å². The summed E-state index contributed by atoms with van der Waals surface area (Å²) in [6.07, 6.45) is 0. The molecule has 2 aromatic carbocycles. The quantitative estimate of drug-likeness (QED) is 0.893. The molecule has 0 fully saturated rings. The highest BCUT2D eigenvalue weighted by Crippen LogP contribution is 2.27. The predicted octanol–water partition coefficient (Wildman–Crippen LogP) is 3.90. The molecule has 2 rings (SSSR count). The highest BCUT2D eigenvalue weighted by atomic mass is 35.5. The predicted molar refractivity (Wildman–Crippen MR) is 70.6 cm³/mol. The van der Waals surface area contributed by atoms with Gasteiger partial charge >= 0.3 is 0 Å². The zero-order chi connectivity index (χ0) is 12.3. The summed E-state index contributed by atoms with van der Waals surface area (Å²) in [6, 6.07) is 13.3. The Morgan fingerprint density at radius 1 is 1.18 bits per heavy atom. The first-order chi connectivity index (χ1) is 8.19. The molecule has 0 atom stereocenters. The van der Waals surface area contributed by atoms with E-state index in [1.54, 1.807) is 0 Å². The van der Waals surface area contributed by atoms with E-state index in [0.717, 1.165) is 22.6 Å². The van der Waals surface area contributed by atoms with Crippen LogP contribution in [0.1, 0.15) is 11.1 Å². The highest BCUT2D eigenvalue weighted by molar-refractivity contribution is 6.30. The summed E-state index contributed by atoms with van der Waals surface area (Å²) in [5, 5.41) is 0.713. The molecular weight excluding hydrogens is 234 g/mol. The molecule has 0 radical (unpaired) electrons. The summed E-state index contributed by atoms with van der Waals surface area (Å²) in [7, 11) is 0. The van der Waals surface area contributed by atoms with Gasteiger partial charge in [0.15, 0.2) is 0 Å².